The number of hydrogen-bond donors (Lipinski definition) is 0. The molecule has 6 heteroatoms. The lowest BCUT2D eigenvalue weighted by atomic mass is 10.4. The molecule has 1 rings (SSSR count). The summed E-state index contributed by atoms with van der Waals surface area (Å²) in [6, 6.07) is 3.76. The third kappa shape index (κ3) is 3.73. The molecule has 0 unspecified atom stereocenters. The Morgan fingerprint density at radius 1 is 1.33 bits per heavy atom. The van der Waals surface area contributed by atoms with Crippen LogP contribution < -0.4 is 4.90 Å². The zero-order chi connectivity index (χ0) is 11.5. The quantitative estimate of drug-likeness (QED) is 0.577. The normalized spacial score (nSPS) is 11.5. The lowest BCUT2D eigenvalue weighted by Gasteiger charge is -2.22. The van der Waals surface area contributed by atoms with Gasteiger partial charge < -0.3 is 4.90 Å². The van der Waals surface area contributed by atoms with E-state index in [1.54, 1.807) is 6.92 Å². The van der Waals surface area contributed by atoms with Gasteiger partial charge in [-0.3, -0.25) is 0 Å². The number of rotatable bonds is 3. The summed E-state index contributed by atoms with van der Waals surface area (Å²) in [6.45, 7) is 0.550. The molecule has 0 bridgehead atoms. The first-order valence-corrected chi connectivity index (χ1v) is 4.36. The summed E-state index contributed by atoms with van der Waals surface area (Å²) >= 11 is 0. The largest absolute Gasteiger partial charge is 0.405 e. The van der Waals surface area contributed by atoms with Gasteiger partial charge in [0.25, 0.3) is 0 Å². The highest BCUT2D eigenvalue weighted by atomic mass is 19.4. The lowest BCUT2D eigenvalue weighted by Crippen LogP contribution is -2.34. The summed E-state index contributed by atoms with van der Waals surface area (Å²) in [5.74, 6) is -0.789. The van der Waals surface area contributed by atoms with E-state index in [1.807, 2.05) is 0 Å². The number of pyridine rings is 1. The van der Waals surface area contributed by atoms with Crippen molar-refractivity contribution in [2.24, 2.45) is 0 Å². The van der Waals surface area contributed by atoms with Gasteiger partial charge in [-0.05, 0) is 19.1 Å². The molecule has 0 radical (unpaired) electrons. The van der Waals surface area contributed by atoms with Gasteiger partial charge in [0, 0.05) is 6.54 Å². The van der Waals surface area contributed by atoms with Gasteiger partial charge in [0.1, 0.15) is 12.4 Å². The third-order valence-corrected chi connectivity index (χ3v) is 1.78. The molecule has 0 spiro atoms. The fraction of sp³-hybridized carbons (Fsp3) is 0.444. The van der Waals surface area contributed by atoms with Crippen LogP contribution in [0.5, 0.6) is 0 Å². The van der Waals surface area contributed by atoms with Crippen LogP contribution in [0.3, 0.4) is 0 Å². The van der Waals surface area contributed by atoms with E-state index in [-0.39, 0.29) is 12.4 Å². The standard InChI is InChI=1S/C9H10F4N2/c1-2-15(6-9(11,12)13)8-5-3-4-7(10)14-8/h3-5H,2,6H2,1H3. The molecule has 15 heavy (non-hydrogen) atoms. The first-order chi connectivity index (χ1) is 6.92. The van der Waals surface area contributed by atoms with Gasteiger partial charge in [-0.15, -0.1) is 0 Å². The van der Waals surface area contributed by atoms with Crippen molar-refractivity contribution in [2.75, 3.05) is 18.0 Å². The maximum atomic E-state index is 12.7. The zero-order valence-corrected chi connectivity index (χ0v) is 8.05. The molecule has 0 saturated carbocycles. The number of anilines is 1. The Balaban J connectivity index is 2.83. The number of alkyl halides is 3. The highest BCUT2D eigenvalue weighted by molar-refractivity contribution is 5.37. The molecule has 1 aromatic heterocycles. The second-order valence-corrected chi connectivity index (χ2v) is 2.95. The number of halogens is 4. The molecule has 0 atom stereocenters. The summed E-state index contributed by atoms with van der Waals surface area (Å²) in [5, 5.41) is 0. The van der Waals surface area contributed by atoms with E-state index in [1.165, 1.54) is 12.1 Å². The van der Waals surface area contributed by atoms with Crippen LogP contribution in [0.4, 0.5) is 23.4 Å². The predicted octanol–water partition coefficient (Wildman–Crippen LogP) is 2.61. The van der Waals surface area contributed by atoms with Crippen LogP contribution in [0.25, 0.3) is 0 Å². The second kappa shape index (κ2) is 4.46. The first-order valence-electron chi connectivity index (χ1n) is 4.36. The summed E-state index contributed by atoms with van der Waals surface area (Å²) in [6.07, 6.45) is -4.32. The maximum absolute atomic E-state index is 12.7. The SMILES string of the molecule is CCN(CC(F)(F)F)c1cccc(F)n1. The van der Waals surface area contributed by atoms with Crippen molar-refractivity contribution in [3.05, 3.63) is 24.1 Å². The Morgan fingerprint density at radius 2 is 2.00 bits per heavy atom. The Labute approximate surface area is 84.5 Å². The number of nitrogens with zero attached hydrogens (tertiary/aromatic N) is 2. The van der Waals surface area contributed by atoms with Crippen LogP contribution in [-0.4, -0.2) is 24.2 Å². The molecule has 2 nitrogen and oxygen atoms in total. The Kier molecular flexibility index (Phi) is 3.49. The molecule has 0 aliphatic rings. The molecule has 0 N–H and O–H groups in total. The first kappa shape index (κ1) is 11.7. The summed E-state index contributed by atoms with van der Waals surface area (Å²) < 4.78 is 49.0. The van der Waals surface area contributed by atoms with Crippen LogP contribution in [-0.2, 0) is 0 Å². The minimum absolute atomic E-state index is 0.00479. The monoisotopic (exact) mass is 222 g/mol. The summed E-state index contributed by atoms with van der Waals surface area (Å²) in [7, 11) is 0. The molecule has 84 valence electrons. The summed E-state index contributed by atoms with van der Waals surface area (Å²) in [5.41, 5.74) is 0. The van der Waals surface area contributed by atoms with Crippen LogP contribution in [0.15, 0.2) is 18.2 Å². The van der Waals surface area contributed by atoms with Crippen molar-refractivity contribution in [1.29, 1.82) is 0 Å². The van der Waals surface area contributed by atoms with Gasteiger partial charge in [-0.1, -0.05) is 6.07 Å². The zero-order valence-electron chi connectivity index (χ0n) is 8.05. The Hall–Kier alpha value is -1.33. The van der Waals surface area contributed by atoms with Crippen LogP contribution >= 0.6 is 0 Å². The molecule has 0 aliphatic carbocycles. The van der Waals surface area contributed by atoms with Gasteiger partial charge in [0.15, 0.2) is 0 Å². The average Bonchev–Trinajstić information content (AvgIpc) is 2.13. The van der Waals surface area contributed by atoms with Crippen LogP contribution in [0, 0.1) is 5.95 Å². The van der Waals surface area contributed by atoms with Gasteiger partial charge in [0.2, 0.25) is 5.95 Å². The topological polar surface area (TPSA) is 16.1 Å². The molecular formula is C9H10F4N2. The van der Waals surface area contributed by atoms with E-state index in [2.05, 4.69) is 4.98 Å². The molecule has 1 aromatic rings. The van der Waals surface area contributed by atoms with Crippen molar-refractivity contribution < 1.29 is 17.6 Å². The predicted molar refractivity (Wildman–Crippen MR) is 48.1 cm³/mol. The van der Waals surface area contributed by atoms with Gasteiger partial charge >= 0.3 is 6.18 Å². The highest BCUT2D eigenvalue weighted by Crippen LogP contribution is 2.20. The molecule has 0 aromatic carbocycles. The van der Waals surface area contributed by atoms with Crippen molar-refractivity contribution in [1.82, 2.24) is 4.98 Å². The third-order valence-electron chi connectivity index (χ3n) is 1.78. The van der Waals surface area contributed by atoms with Crippen molar-refractivity contribution >= 4 is 5.82 Å². The van der Waals surface area contributed by atoms with E-state index < -0.39 is 18.7 Å². The molecule has 0 aliphatic heterocycles. The fourth-order valence-corrected chi connectivity index (χ4v) is 1.14. The number of aromatic nitrogens is 1. The Morgan fingerprint density at radius 3 is 2.47 bits per heavy atom. The Bertz CT molecular complexity index is 324. The molecule has 0 fully saturated rings. The second-order valence-electron chi connectivity index (χ2n) is 2.95. The smallest absolute Gasteiger partial charge is 0.348 e. The minimum atomic E-state index is -4.32. The lowest BCUT2D eigenvalue weighted by molar-refractivity contribution is -0.119. The minimum Gasteiger partial charge on any atom is -0.348 e. The molecular weight excluding hydrogens is 212 g/mol. The van der Waals surface area contributed by atoms with Gasteiger partial charge in [0.05, 0.1) is 0 Å². The van der Waals surface area contributed by atoms with E-state index in [0.29, 0.717) is 0 Å². The van der Waals surface area contributed by atoms with E-state index in [0.717, 1.165) is 11.0 Å². The van der Waals surface area contributed by atoms with Crippen LogP contribution in [0.2, 0.25) is 0 Å². The number of hydrogen-bond acceptors (Lipinski definition) is 2. The van der Waals surface area contributed by atoms with Gasteiger partial charge in [-0.25, -0.2) is 4.98 Å². The van der Waals surface area contributed by atoms with Crippen LogP contribution in [0.1, 0.15) is 6.92 Å². The summed E-state index contributed by atoms with van der Waals surface area (Å²) in [4.78, 5) is 4.35. The van der Waals surface area contributed by atoms with Crippen molar-refractivity contribution in [3.8, 4) is 0 Å². The fourth-order valence-electron chi connectivity index (χ4n) is 1.14. The van der Waals surface area contributed by atoms with E-state index in [4.69, 9.17) is 0 Å². The molecule has 0 saturated heterocycles. The maximum Gasteiger partial charge on any atom is 0.405 e. The van der Waals surface area contributed by atoms with Crippen molar-refractivity contribution in [3.63, 3.8) is 0 Å². The van der Waals surface area contributed by atoms with E-state index in [9.17, 15) is 17.6 Å². The molecule has 0 amide bonds. The van der Waals surface area contributed by atoms with Crippen molar-refractivity contribution in [2.45, 2.75) is 13.1 Å². The highest BCUT2D eigenvalue weighted by Gasteiger charge is 2.30. The average molecular weight is 222 g/mol. The van der Waals surface area contributed by atoms with Gasteiger partial charge in [-0.2, -0.15) is 17.6 Å². The van der Waals surface area contributed by atoms with E-state index >= 15 is 0 Å². The molecule has 1 heterocycles.